The number of aryl methyl sites for hydroxylation is 1. The molecule has 2 aromatic rings. The van der Waals surface area contributed by atoms with E-state index in [1.807, 2.05) is 22.8 Å². The number of imidazole rings is 1. The Bertz CT molecular complexity index is 831. The van der Waals surface area contributed by atoms with Gasteiger partial charge in [0.2, 0.25) is 11.8 Å². The molecule has 4 rings (SSSR count). The average molecular weight is 385 g/mol. The number of H-pyrrole nitrogens is 1. The Morgan fingerprint density at radius 1 is 1.36 bits per heavy atom. The van der Waals surface area contributed by atoms with Crippen LogP contribution in [-0.2, 0) is 22.4 Å². The second-order valence-corrected chi connectivity index (χ2v) is 8.17. The van der Waals surface area contributed by atoms with Crippen molar-refractivity contribution in [3.63, 3.8) is 0 Å². The van der Waals surface area contributed by atoms with Crippen LogP contribution in [0.2, 0.25) is 0 Å². The molecule has 2 aliphatic heterocycles. The number of hydrogen-bond acceptors (Lipinski definition) is 5. The fourth-order valence-electron chi connectivity index (χ4n) is 4.50. The summed E-state index contributed by atoms with van der Waals surface area (Å²) in [6.45, 7) is 4.76. The number of likely N-dealkylation sites (tertiary alicyclic amines) is 2. The highest BCUT2D eigenvalue weighted by molar-refractivity contribution is 5.79. The van der Waals surface area contributed by atoms with Crippen LogP contribution >= 0.6 is 0 Å². The smallest absolute Gasteiger partial charge is 0.230 e. The fraction of sp³-hybridized carbons (Fsp3) is 0.600. The van der Waals surface area contributed by atoms with Crippen molar-refractivity contribution in [2.75, 3.05) is 26.2 Å². The van der Waals surface area contributed by atoms with Crippen molar-refractivity contribution >= 4 is 11.8 Å². The van der Waals surface area contributed by atoms with Gasteiger partial charge < -0.3 is 19.3 Å². The number of hydrogen-bond donors (Lipinski definition) is 1. The summed E-state index contributed by atoms with van der Waals surface area (Å²) in [5.74, 6) is 0.906. The molecule has 4 heterocycles. The van der Waals surface area contributed by atoms with Crippen LogP contribution in [0.5, 0.6) is 0 Å². The third-order valence-corrected chi connectivity index (χ3v) is 5.97. The lowest BCUT2D eigenvalue weighted by atomic mass is 9.73. The van der Waals surface area contributed by atoms with Crippen LogP contribution in [0, 0.1) is 12.3 Å². The number of amides is 2. The minimum Gasteiger partial charge on any atom is -0.361 e. The molecule has 1 N–H and O–H groups in total. The predicted molar refractivity (Wildman–Crippen MR) is 101 cm³/mol. The maximum Gasteiger partial charge on any atom is 0.230 e. The van der Waals surface area contributed by atoms with Crippen LogP contribution in [-0.4, -0.2) is 62.9 Å². The molecule has 1 atom stereocenters. The van der Waals surface area contributed by atoms with Crippen molar-refractivity contribution < 1.29 is 14.1 Å². The first-order chi connectivity index (χ1) is 13.5. The number of piperidine rings is 2. The quantitative estimate of drug-likeness (QED) is 0.846. The molecule has 8 heteroatoms. The molecule has 150 valence electrons. The summed E-state index contributed by atoms with van der Waals surface area (Å²) >= 11 is 0. The van der Waals surface area contributed by atoms with Crippen LogP contribution in [0.3, 0.4) is 0 Å². The van der Waals surface area contributed by atoms with Gasteiger partial charge >= 0.3 is 0 Å². The van der Waals surface area contributed by atoms with E-state index in [0.717, 1.165) is 50.2 Å². The third kappa shape index (κ3) is 4.10. The molecule has 2 fully saturated rings. The van der Waals surface area contributed by atoms with E-state index in [-0.39, 0.29) is 23.7 Å². The van der Waals surface area contributed by atoms with E-state index in [1.165, 1.54) is 0 Å². The minimum atomic E-state index is 0.00708. The largest absolute Gasteiger partial charge is 0.361 e. The standard InChI is InChI=1S/C20H27N5O3/c1-15-9-17(28-23-15)10-19(27)24-7-2-5-20(12-24)6-3-18(26)25(13-20)8-4-16-11-21-14-22-16/h9,11,14H,2-8,10,12-13H2,1H3,(H,21,22)/t20-/m1/s1. The molecule has 8 nitrogen and oxygen atoms in total. The first kappa shape index (κ1) is 18.7. The molecule has 2 aromatic heterocycles. The number of nitrogens with zero attached hydrogens (tertiary/aromatic N) is 4. The highest BCUT2D eigenvalue weighted by atomic mass is 16.5. The maximum absolute atomic E-state index is 12.8. The average Bonchev–Trinajstić information content (AvgIpc) is 3.34. The Morgan fingerprint density at radius 2 is 2.25 bits per heavy atom. The normalized spacial score (nSPS) is 22.8. The highest BCUT2D eigenvalue weighted by Gasteiger charge is 2.42. The second-order valence-electron chi connectivity index (χ2n) is 8.17. The van der Waals surface area contributed by atoms with Crippen molar-refractivity contribution in [1.29, 1.82) is 0 Å². The Morgan fingerprint density at radius 3 is 3.00 bits per heavy atom. The van der Waals surface area contributed by atoms with Crippen LogP contribution in [0.1, 0.15) is 42.8 Å². The molecule has 0 radical (unpaired) electrons. The van der Waals surface area contributed by atoms with E-state index < -0.39 is 0 Å². The number of rotatable bonds is 5. The summed E-state index contributed by atoms with van der Waals surface area (Å²) in [4.78, 5) is 36.3. The van der Waals surface area contributed by atoms with Gasteiger partial charge in [0.25, 0.3) is 0 Å². The molecular formula is C20H27N5O3. The van der Waals surface area contributed by atoms with Crippen LogP contribution < -0.4 is 0 Å². The van der Waals surface area contributed by atoms with Gasteiger partial charge in [-0.05, 0) is 26.2 Å². The molecule has 0 aliphatic carbocycles. The summed E-state index contributed by atoms with van der Waals surface area (Å²) in [6, 6.07) is 1.81. The van der Waals surface area contributed by atoms with E-state index in [2.05, 4.69) is 15.1 Å². The molecule has 0 unspecified atom stereocenters. The van der Waals surface area contributed by atoms with E-state index in [9.17, 15) is 9.59 Å². The van der Waals surface area contributed by atoms with Crippen LogP contribution in [0.4, 0.5) is 0 Å². The summed E-state index contributed by atoms with van der Waals surface area (Å²) in [5, 5.41) is 3.86. The predicted octanol–water partition coefficient (Wildman–Crippen LogP) is 1.72. The second kappa shape index (κ2) is 7.77. The van der Waals surface area contributed by atoms with Crippen LogP contribution in [0.15, 0.2) is 23.1 Å². The van der Waals surface area contributed by atoms with Gasteiger partial charge in [0.1, 0.15) is 5.76 Å². The number of aromatic amines is 1. The highest BCUT2D eigenvalue weighted by Crippen LogP contribution is 2.39. The summed E-state index contributed by atoms with van der Waals surface area (Å²) in [5.41, 5.74) is 1.83. The zero-order chi connectivity index (χ0) is 19.6. The lowest BCUT2D eigenvalue weighted by molar-refractivity contribution is -0.142. The number of aromatic nitrogens is 3. The Hall–Kier alpha value is -2.64. The van der Waals surface area contributed by atoms with Gasteiger partial charge in [0, 0.05) is 62.4 Å². The van der Waals surface area contributed by atoms with Crippen molar-refractivity contribution in [2.45, 2.75) is 45.4 Å². The van der Waals surface area contributed by atoms with E-state index in [0.29, 0.717) is 25.3 Å². The van der Waals surface area contributed by atoms with Gasteiger partial charge in [0.05, 0.1) is 18.4 Å². The van der Waals surface area contributed by atoms with Crippen molar-refractivity contribution in [3.05, 3.63) is 35.7 Å². The van der Waals surface area contributed by atoms with Gasteiger partial charge in [-0.15, -0.1) is 0 Å². The molecule has 2 amide bonds. The lowest BCUT2D eigenvalue weighted by Crippen LogP contribution is -2.55. The van der Waals surface area contributed by atoms with Gasteiger partial charge in [0.15, 0.2) is 0 Å². The van der Waals surface area contributed by atoms with Gasteiger partial charge in [-0.3, -0.25) is 9.59 Å². The number of carbonyl (C=O) groups is 2. The first-order valence-electron chi connectivity index (χ1n) is 9.98. The summed E-state index contributed by atoms with van der Waals surface area (Å²) in [6.07, 6.45) is 7.94. The molecule has 28 heavy (non-hydrogen) atoms. The molecule has 2 saturated heterocycles. The van der Waals surface area contributed by atoms with Crippen molar-refractivity contribution in [3.8, 4) is 0 Å². The third-order valence-electron chi connectivity index (χ3n) is 5.97. The minimum absolute atomic E-state index is 0.00708. The topological polar surface area (TPSA) is 95.3 Å². The zero-order valence-corrected chi connectivity index (χ0v) is 16.3. The lowest BCUT2D eigenvalue weighted by Gasteiger charge is -2.48. The number of nitrogens with one attached hydrogen (secondary N) is 1. The van der Waals surface area contributed by atoms with E-state index >= 15 is 0 Å². The molecule has 2 aliphatic rings. The van der Waals surface area contributed by atoms with Gasteiger partial charge in [-0.1, -0.05) is 5.16 Å². The van der Waals surface area contributed by atoms with Crippen molar-refractivity contribution in [1.82, 2.24) is 24.9 Å². The Balaban J connectivity index is 1.38. The van der Waals surface area contributed by atoms with Gasteiger partial charge in [-0.2, -0.15) is 0 Å². The monoisotopic (exact) mass is 385 g/mol. The Kier molecular flexibility index (Phi) is 5.19. The summed E-state index contributed by atoms with van der Waals surface area (Å²) in [7, 11) is 0. The van der Waals surface area contributed by atoms with Crippen molar-refractivity contribution in [2.24, 2.45) is 5.41 Å². The molecular weight excluding hydrogens is 358 g/mol. The Labute approximate surface area is 164 Å². The molecule has 0 bridgehead atoms. The molecule has 0 saturated carbocycles. The zero-order valence-electron chi connectivity index (χ0n) is 16.3. The number of carbonyl (C=O) groups excluding carboxylic acids is 2. The first-order valence-corrected chi connectivity index (χ1v) is 9.98. The summed E-state index contributed by atoms with van der Waals surface area (Å²) < 4.78 is 5.20. The maximum atomic E-state index is 12.8. The van der Waals surface area contributed by atoms with Crippen LogP contribution in [0.25, 0.3) is 0 Å². The fourth-order valence-corrected chi connectivity index (χ4v) is 4.50. The molecule has 0 aromatic carbocycles. The molecule has 1 spiro atoms. The van der Waals surface area contributed by atoms with Gasteiger partial charge in [-0.25, -0.2) is 4.98 Å². The van der Waals surface area contributed by atoms with E-state index in [4.69, 9.17) is 4.52 Å². The van der Waals surface area contributed by atoms with E-state index in [1.54, 1.807) is 12.5 Å². The SMILES string of the molecule is Cc1cc(CC(=O)N2CCC[C@@]3(CCC(=O)N(CCc4cnc[nH]4)C3)C2)on1.